The van der Waals surface area contributed by atoms with Crippen molar-refractivity contribution in [3.05, 3.63) is 65.7 Å². The van der Waals surface area contributed by atoms with Gasteiger partial charge in [0.25, 0.3) is 0 Å². The molecule has 3 rings (SSSR count). The second kappa shape index (κ2) is 8.64. The lowest BCUT2D eigenvalue weighted by atomic mass is 10.0. The van der Waals surface area contributed by atoms with Crippen molar-refractivity contribution >= 4 is 0 Å². The number of hydrogen-bond donors (Lipinski definition) is 3. The van der Waals surface area contributed by atoms with Gasteiger partial charge in [-0.05, 0) is 36.6 Å². The maximum atomic E-state index is 10.6. The van der Waals surface area contributed by atoms with Gasteiger partial charge in [0.15, 0.2) is 0 Å². The van der Waals surface area contributed by atoms with E-state index < -0.39 is 18.2 Å². The van der Waals surface area contributed by atoms with Crippen LogP contribution < -0.4 is 4.74 Å². The van der Waals surface area contributed by atoms with Gasteiger partial charge in [0.05, 0.1) is 31.5 Å². The van der Waals surface area contributed by atoms with E-state index in [0.717, 1.165) is 16.9 Å². The third kappa shape index (κ3) is 4.07. The summed E-state index contributed by atoms with van der Waals surface area (Å²) in [7, 11) is 0. The molecule has 0 saturated carbocycles. The molecule has 0 bridgehead atoms. The van der Waals surface area contributed by atoms with Gasteiger partial charge >= 0.3 is 0 Å². The molecule has 1 aliphatic heterocycles. The maximum Gasteiger partial charge on any atom is 0.119 e. The Labute approximate surface area is 154 Å². The van der Waals surface area contributed by atoms with Crippen LogP contribution in [0.2, 0.25) is 0 Å². The predicted octanol–water partition coefficient (Wildman–Crippen LogP) is 1.59. The van der Waals surface area contributed by atoms with E-state index in [4.69, 9.17) is 4.74 Å². The standard InChI is InChI=1S/C21H27NO4/c1-2-26-17-10-8-16(9-11-17)13-22-18(12-15-6-4-3-5-7-15)20(24)21(25)19(22)14-23/h3-11,18-21,23-25H,2,12-14H2,1H3/t18-,19+,20-,21+/m0/s1. The smallest absolute Gasteiger partial charge is 0.119 e. The summed E-state index contributed by atoms with van der Waals surface area (Å²) >= 11 is 0. The average molecular weight is 357 g/mol. The lowest BCUT2D eigenvalue weighted by Crippen LogP contribution is -2.41. The molecule has 0 amide bonds. The zero-order chi connectivity index (χ0) is 18.5. The third-order valence-corrected chi connectivity index (χ3v) is 5.06. The Morgan fingerprint density at radius 1 is 0.885 bits per heavy atom. The van der Waals surface area contributed by atoms with Gasteiger partial charge in [0, 0.05) is 12.6 Å². The Hall–Kier alpha value is -1.92. The Balaban J connectivity index is 1.79. The first kappa shape index (κ1) is 18.9. The van der Waals surface area contributed by atoms with Gasteiger partial charge in [-0.15, -0.1) is 0 Å². The highest BCUT2D eigenvalue weighted by Crippen LogP contribution is 2.30. The van der Waals surface area contributed by atoms with Gasteiger partial charge in [-0.25, -0.2) is 0 Å². The van der Waals surface area contributed by atoms with E-state index >= 15 is 0 Å². The van der Waals surface area contributed by atoms with Crippen LogP contribution >= 0.6 is 0 Å². The van der Waals surface area contributed by atoms with Crippen LogP contribution in [0.4, 0.5) is 0 Å². The van der Waals surface area contributed by atoms with E-state index in [0.29, 0.717) is 19.6 Å². The first-order chi connectivity index (χ1) is 12.6. The largest absolute Gasteiger partial charge is 0.494 e. The Bertz CT molecular complexity index is 676. The molecule has 2 aromatic carbocycles. The number of benzene rings is 2. The van der Waals surface area contributed by atoms with Crippen molar-refractivity contribution in [1.29, 1.82) is 0 Å². The predicted molar refractivity (Wildman–Crippen MR) is 100.0 cm³/mol. The van der Waals surface area contributed by atoms with Crippen molar-refractivity contribution in [1.82, 2.24) is 4.90 Å². The first-order valence-electron chi connectivity index (χ1n) is 9.12. The fourth-order valence-corrected chi connectivity index (χ4v) is 3.70. The maximum absolute atomic E-state index is 10.6. The highest BCUT2D eigenvalue weighted by Gasteiger charge is 2.46. The first-order valence-corrected chi connectivity index (χ1v) is 9.12. The molecule has 0 radical (unpaired) electrons. The molecule has 0 spiro atoms. The van der Waals surface area contributed by atoms with Gasteiger partial charge in [-0.3, -0.25) is 4.90 Å². The molecule has 2 aromatic rings. The molecule has 1 fully saturated rings. The number of hydrogen-bond acceptors (Lipinski definition) is 5. The van der Waals surface area contributed by atoms with Crippen molar-refractivity contribution in [2.45, 2.75) is 44.2 Å². The quantitative estimate of drug-likeness (QED) is 0.702. The second-order valence-corrected chi connectivity index (χ2v) is 6.74. The fraction of sp³-hybridized carbons (Fsp3) is 0.429. The van der Waals surface area contributed by atoms with Crippen LogP contribution in [0.3, 0.4) is 0 Å². The average Bonchev–Trinajstić information content (AvgIpc) is 2.88. The minimum absolute atomic E-state index is 0.194. The molecule has 5 heteroatoms. The van der Waals surface area contributed by atoms with Crippen molar-refractivity contribution < 1.29 is 20.1 Å². The van der Waals surface area contributed by atoms with Gasteiger partial charge in [0.2, 0.25) is 0 Å². The van der Waals surface area contributed by atoms with Gasteiger partial charge < -0.3 is 20.1 Å². The normalized spacial score (nSPS) is 26.2. The molecule has 140 valence electrons. The Kier molecular flexibility index (Phi) is 6.27. The Morgan fingerprint density at radius 3 is 2.15 bits per heavy atom. The molecule has 1 aliphatic rings. The minimum Gasteiger partial charge on any atom is -0.494 e. The lowest BCUT2D eigenvalue weighted by Gasteiger charge is -2.30. The molecule has 3 N–H and O–H groups in total. The van der Waals surface area contributed by atoms with Gasteiger partial charge in [-0.2, -0.15) is 0 Å². The zero-order valence-electron chi connectivity index (χ0n) is 15.0. The third-order valence-electron chi connectivity index (χ3n) is 5.06. The summed E-state index contributed by atoms with van der Waals surface area (Å²) in [6, 6.07) is 17.0. The second-order valence-electron chi connectivity index (χ2n) is 6.74. The molecule has 26 heavy (non-hydrogen) atoms. The highest BCUT2D eigenvalue weighted by atomic mass is 16.5. The molecule has 1 heterocycles. The number of nitrogens with zero attached hydrogens (tertiary/aromatic N) is 1. The van der Waals surface area contributed by atoms with Crippen LogP contribution in [0, 0.1) is 0 Å². The van der Waals surface area contributed by atoms with Gasteiger partial charge in [0.1, 0.15) is 5.75 Å². The van der Waals surface area contributed by atoms with E-state index in [1.54, 1.807) is 0 Å². The summed E-state index contributed by atoms with van der Waals surface area (Å²) in [6.45, 7) is 2.92. The van der Waals surface area contributed by atoms with Crippen LogP contribution in [0.1, 0.15) is 18.1 Å². The van der Waals surface area contributed by atoms with Crippen LogP contribution in [-0.2, 0) is 13.0 Å². The summed E-state index contributed by atoms with van der Waals surface area (Å²) in [5, 5.41) is 30.7. The summed E-state index contributed by atoms with van der Waals surface area (Å²) in [5.74, 6) is 0.817. The number of aliphatic hydroxyl groups excluding tert-OH is 3. The number of aliphatic hydroxyl groups is 3. The molecular weight excluding hydrogens is 330 g/mol. The molecule has 0 unspecified atom stereocenters. The number of ether oxygens (including phenoxy) is 1. The van der Waals surface area contributed by atoms with Crippen LogP contribution in [0.5, 0.6) is 5.75 Å². The van der Waals surface area contributed by atoms with E-state index in [2.05, 4.69) is 0 Å². The lowest BCUT2D eigenvalue weighted by molar-refractivity contribution is 0.0178. The van der Waals surface area contributed by atoms with E-state index in [-0.39, 0.29) is 12.6 Å². The monoisotopic (exact) mass is 357 g/mol. The molecule has 0 aromatic heterocycles. The van der Waals surface area contributed by atoms with E-state index in [1.807, 2.05) is 66.4 Å². The number of rotatable bonds is 7. The summed E-state index contributed by atoms with van der Waals surface area (Å²) in [5.41, 5.74) is 2.14. The summed E-state index contributed by atoms with van der Waals surface area (Å²) in [6.07, 6.45) is -1.24. The molecule has 0 aliphatic carbocycles. The van der Waals surface area contributed by atoms with Crippen molar-refractivity contribution in [3.8, 4) is 5.75 Å². The zero-order valence-corrected chi connectivity index (χ0v) is 15.0. The highest BCUT2D eigenvalue weighted by molar-refractivity contribution is 5.28. The van der Waals surface area contributed by atoms with Gasteiger partial charge in [-0.1, -0.05) is 42.5 Å². The molecule has 5 nitrogen and oxygen atoms in total. The summed E-state index contributed by atoms with van der Waals surface area (Å²) in [4.78, 5) is 2.01. The van der Waals surface area contributed by atoms with Crippen molar-refractivity contribution in [2.24, 2.45) is 0 Å². The SMILES string of the molecule is CCOc1ccc(CN2[C@H](CO)[C@@H](O)[C@@H](O)[C@@H]2Cc2ccccc2)cc1. The van der Waals surface area contributed by atoms with Crippen LogP contribution in [0.25, 0.3) is 0 Å². The summed E-state index contributed by atoms with van der Waals surface area (Å²) < 4.78 is 5.47. The van der Waals surface area contributed by atoms with E-state index in [9.17, 15) is 15.3 Å². The van der Waals surface area contributed by atoms with Crippen molar-refractivity contribution in [2.75, 3.05) is 13.2 Å². The van der Waals surface area contributed by atoms with Crippen LogP contribution in [-0.4, -0.2) is 57.7 Å². The van der Waals surface area contributed by atoms with Crippen molar-refractivity contribution in [3.63, 3.8) is 0 Å². The molecular formula is C21H27NO4. The van der Waals surface area contributed by atoms with Crippen LogP contribution in [0.15, 0.2) is 54.6 Å². The minimum atomic E-state index is -0.962. The fourth-order valence-electron chi connectivity index (χ4n) is 3.70. The number of likely N-dealkylation sites (tertiary alicyclic amines) is 1. The topological polar surface area (TPSA) is 73.2 Å². The molecule has 4 atom stereocenters. The van der Waals surface area contributed by atoms with E-state index in [1.165, 1.54) is 0 Å². The Morgan fingerprint density at radius 2 is 1.54 bits per heavy atom. The molecule has 1 saturated heterocycles.